The summed E-state index contributed by atoms with van der Waals surface area (Å²) >= 11 is 1.56. The van der Waals surface area contributed by atoms with Crippen LogP contribution in [0.5, 0.6) is 0 Å². The number of hydrogen-bond acceptors (Lipinski definition) is 4. The van der Waals surface area contributed by atoms with Crippen molar-refractivity contribution in [2.45, 2.75) is 55.1 Å². The Balaban J connectivity index is 2.62. The number of hydrogen-bond donors (Lipinski definition) is 3. The summed E-state index contributed by atoms with van der Waals surface area (Å²) in [6, 6.07) is 9.84. The summed E-state index contributed by atoms with van der Waals surface area (Å²) in [4.78, 5) is 1.08. The topological polar surface area (TPSA) is 60.7 Å². The van der Waals surface area contributed by atoms with Crippen LogP contribution in [-0.4, -0.2) is 38.4 Å². The van der Waals surface area contributed by atoms with Crippen LogP contribution in [0.2, 0.25) is 0 Å². The van der Waals surface area contributed by atoms with E-state index in [9.17, 15) is 15.3 Å². The maximum Gasteiger partial charge on any atom is 0.0821 e. The summed E-state index contributed by atoms with van der Waals surface area (Å²) in [7, 11) is 0. The molecule has 0 aliphatic carbocycles. The highest BCUT2D eigenvalue weighted by Crippen LogP contribution is 2.36. The number of rotatable bonds is 6. The van der Waals surface area contributed by atoms with Gasteiger partial charge in [-0.1, -0.05) is 18.2 Å². The molecule has 4 heteroatoms. The lowest BCUT2D eigenvalue weighted by atomic mass is 9.98. The molecule has 0 saturated heterocycles. The van der Waals surface area contributed by atoms with Gasteiger partial charge in [-0.3, -0.25) is 0 Å². The molecule has 3 N–H and O–H groups in total. The summed E-state index contributed by atoms with van der Waals surface area (Å²) < 4.78 is -0.419. The van der Waals surface area contributed by atoms with Gasteiger partial charge in [0.05, 0.1) is 18.3 Å². The average molecular weight is 270 g/mol. The minimum absolute atomic E-state index is 0.171. The zero-order valence-electron chi connectivity index (χ0n) is 11.1. The van der Waals surface area contributed by atoms with Crippen molar-refractivity contribution in [3.05, 3.63) is 30.3 Å². The van der Waals surface area contributed by atoms with Gasteiger partial charge < -0.3 is 15.3 Å². The smallest absolute Gasteiger partial charge is 0.0821 e. The number of benzene rings is 1. The maximum atomic E-state index is 10.2. The van der Waals surface area contributed by atoms with Crippen molar-refractivity contribution < 1.29 is 15.3 Å². The summed E-state index contributed by atoms with van der Waals surface area (Å²) in [5, 5.41) is 29.0. The first-order valence-electron chi connectivity index (χ1n) is 6.11. The molecular formula is C14H22O3S. The third kappa shape index (κ3) is 4.61. The van der Waals surface area contributed by atoms with E-state index < -0.39 is 23.1 Å². The first-order chi connectivity index (χ1) is 8.33. The zero-order valence-corrected chi connectivity index (χ0v) is 11.9. The Bertz CT molecular complexity index is 351. The van der Waals surface area contributed by atoms with Gasteiger partial charge in [-0.15, -0.1) is 11.8 Å². The highest BCUT2D eigenvalue weighted by atomic mass is 32.2. The molecule has 102 valence electrons. The first kappa shape index (κ1) is 15.5. The van der Waals surface area contributed by atoms with Crippen LogP contribution >= 0.6 is 11.8 Å². The van der Waals surface area contributed by atoms with E-state index in [0.29, 0.717) is 0 Å². The van der Waals surface area contributed by atoms with Crippen molar-refractivity contribution in [3.8, 4) is 0 Å². The molecule has 0 unspecified atom stereocenters. The maximum absolute atomic E-state index is 10.2. The molecule has 18 heavy (non-hydrogen) atoms. The lowest BCUT2D eigenvalue weighted by Crippen LogP contribution is -2.38. The quantitative estimate of drug-likeness (QED) is 0.692. The molecule has 0 saturated carbocycles. The Morgan fingerprint density at radius 2 is 1.67 bits per heavy atom. The monoisotopic (exact) mass is 270 g/mol. The van der Waals surface area contributed by atoms with Crippen LogP contribution in [0, 0.1) is 0 Å². The van der Waals surface area contributed by atoms with E-state index in [1.807, 2.05) is 44.2 Å². The molecule has 3 atom stereocenters. The fraction of sp³-hybridized carbons (Fsp3) is 0.571. The van der Waals surface area contributed by atoms with Gasteiger partial charge in [-0.25, -0.2) is 0 Å². The first-order valence-corrected chi connectivity index (χ1v) is 6.93. The zero-order chi connectivity index (χ0) is 13.8. The number of aliphatic hydroxyl groups is 3. The second-order valence-corrected chi connectivity index (χ2v) is 6.81. The van der Waals surface area contributed by atoms with Crippen LogP contribution in [0.1, 0.15) is 27.2 Å². The van der Waals surface area contributed by atoms with E-state index in [4.69, 9.17) is 0 Å². The highest BCUT2D eigenvalue weighted by Gasteiger charge is 2.31. The van der Waals surface area contributed by atoms with Gasteiger partial charge in [0.15, 0.2) is 0 Å². The molecule has 0 radical (unpaired) electrons. The molecule has 0 fully saturated rings. The predicted octanol–water partition coefficient (Wildman–Crippen LogP) is 2.05. The van der Waals surface area contributed by atoms with Crippen LogP contribution in [0.4, 0.5) is 0 Å². The predicted molar refractivity (Wildman–Crippen MR) is 74.7 cm³/mol. The molecular weight excluding hydrogens is 248 g/mol. The van der Waals surface area contributed by atoms with E-state index in [-0.39, 0.29) is 6.42 Å². The molecule has 0 bridgehead atoms. The van der Waals surface area contributed by atoms with Gasteiger partial charge in [-0.2, -0.15) is 0 Å². The van der Waals surface area contributed by atoms with E-state index >= 15 is 0 Å². The van der Waals surface area contributed by atoms with Gasteiger partial charge in [0.25, 0.3) is 0 Å². The Morgan fingerprint density at radius 1 is 1.11 bits per heavy atom. The molecule has 0 aromatic heterocycles. The fourth-order valence-electron chi connectivity index (χ4n) is 1.57. The minimum atomic E-state index is -0.893. The van der Waals surface area contributed by atoms with Crippen LogP contribution in [0.15, 0.2) is 35.2 Å². The third-order valence-electron chi connectivity index (χ3n) is 2.95. The van der Waals surface area contributed by atoms with Gasteiger partial charge in [-0.05, 0) is 32.9 Å². The van der Waals surface area contributed by atoms with Gasteiger partial charge in [0.2, 0.25) is 0 Å². The SMILES string of the molecule is C[C@H](O)[C@@H](O)C[C@H](O)C(C)(C)Sc1ccccc1. The Hall–Kier alpha value is -0.550. The molecule has 0 spiro atoms. The van der Waals surface area contributed by atoms with Crippen molar-refractivity contribution in [2.75, 3.05) is 0 Å². The second kappa shape index (κ2) is 6.57. The van der Waals surface area contributed by atoms with E-state index in [1.54, 1.807) is 11.8 Å². The second-order valence-electron chi connectivity index (χ2n) is 5.08. The lowest BCUT2D eigenvalue weighted by molar-refractivity contribution is -0.00907. The minimum Gasteiger partial charge on any atom is -0.392 e. The molecule has 0 aliphatic rings. The third-order valence-corrected chi connectivity index (χ3v) is 4.25. The molecule has 3 nitrogen and oxygen atoms in total. The van der Waals surface area contributed by atoms with Gasteiger partial charge in [0, 0.05) is 16.1 Å². The van der Waals surface area contributed by atoms with Crippen LogP contribution in [0.3, 0.4) is 0 Å². The fourth-order valence-corrected chi connectivity index (χ4v) is 2.70. The summed E-state index contributed by atoms with van der Waals surface area (Å²) in [5.41, 5.74) is 0. The number of aliphatic hydroxyl groups excluding tert-OH is 3. The normalized spacial score (nSPS) is 17.2. The number of thioether (sulfide) groups is 1. The van der Waals surface area contributed by atoms with Crippen LogP contribution < -0.4 is 0 Å². The van der Waals surface area contributed by atoms with Gasteiger partial charge >= 0.3 is 0 Å². The average Bonchev–Trinajstić information content (AvgIpc) is 2.29. The van der Waals surface area contributed by atoms with Crippen molar-refractivity contribution >= 4 is 11.8 Å². The van der Waals surface area contributed by atoms with Crippen molar-refractivity contribution in [3.63, 3.8) is 0 Å². The molecule has 0 aliphatic heterocycles. The Morgan fingerprint density at radius 3 is 2.17 bits per heavy atom. The van der Waals surface area contributed by atoms with Crippen LogP contribution in [-0.2, 0) is 0 Å². The summed E-state index contributed by atoms with van der Waals surface area (Å²) in [6.45, 7) is 5.39. The van der Waals surface area contributed by atoms with E-state index in [0.717, 1.165) is 4.90 Å². The molecule has 1 rings (SSSR count). The van der Waals surface area contributed by atoms with Gasteiger partial charge in [0.1, 0.15) is 0 Å². The lowest BCUT2D eigenvalue weighted by Gasteiger charge is -2.31. The van der Waals surface area contributed by atoms with Crippen molar-refractivity contribution in [1.82, 2.24) is 0 Å². The molecule has 1 aromatic rings. The largest absolute Gasteiger partial charge is 0.392 e. The van der Waals surface area contributed by atoms with E-state index in [2.05, 4.69) is 0 Å². The van der Waals surface area contributed by atoms with E-state index in [1.165, 1.54) is 6.92 Å². The molecule has 1 aromatic carbocycles. The molecule has 0 heterocycles. The van der Waals surface area contributed by atoms with Crippen molar-refractivity contribution in [2.24, 2.45) is 0 Å². The van der Waals surface area contributed by atoms with Crippen LogP contribution in [0.25, 0.3) is 0 Å². The summed E-state index contributed by atoms with van der Waals surface area (Å²) in [6.07, 6.45) is -2.23. The highest BCUT2D eigenvalue weighted by molar-refractivity contribution is 8.00. The Labute approximate surface area is 113 Å². The summed E-state index contributed by atoms with van der Waals surface area (Å²) in [5.74, 6) is 0. The molecule has 0 amide bonds. The standard InChI is InChI=1S/C14H22O3S/c1-10(15)12(16)9-13(17)14(2,3)18-11-7-5-4-6-8-11/h4-8,10,12-13,15-17H,9H2,1-3H3/t10-,12-,13-/m0/s1. The van der Waals surface area contributed by atoms with Crippen molar-refractivity contribution in [1.29, 1.82) is 0 Å². The Kier molecular flexibility index (Phi) is 5.66.